The number of benzene rings is 4. The molecule has 0 unspecified atom stereocenters. The van der Waals surface area contributed by atoms with E-state index in [1.54, 1.807) is 0 Å². The minimum Gasteiger partial charge on any atom is -0.488 e. The SMILES string of the molecule is c1ccc(-c2ccccc2COc2ccccc2-c2ccc3[nH]ccc3c2)cc1. The summed E-state index contributed by atoms with van der Waals surface area (Å²) in [5.41, 5.74) is 6.99. The van der Waals surface area contributed by atoms with Gasteiger partial charge in [0.25, 0.3) is 0 Å². The molecule has 0 aliphatic carbocycles. The quantitative estimate of drug-likeness (QED) is 0.349. The molecule has 2 heteroatoms. The molecule has 0 saturated carbocycles. The smallest absolute Gasteiger partial charge is 0.127 e. The molecule has 2 nitrogen and oxygen atoms in total. The highest BCUT2D eigenvalue weighted by molar-refractivity contribution is 5.86. The lowest BCUT2D eigenvalue weighted by molar-refractivity contribution is 0.308. The monoisotopic (exact) mass is 375 g/mol. The molecule has 0 spiro atoms. The third-order valence-electron chi connectivity index (χ3n) is 5.24. The molecule has 0 saturated heterocycles. The van der Waals surface area contributed by atoms with Crippen molar-refractivity contribution in [3.8, 4) is 28.0 Å². The fraction of sp³-hybridized carbons (Fsp3) is 0.0370. The van der Waals surface area contributed by atoms with Crippen LogP contribution in [0.25, 0.3) is 33.2 Å². The van der Waals surface area contributed by atoms with Crippen LogP contribution in [0.1, 0.15) is 5.56 Å². The van der Waals surface area contributed by atoms with E-state index in [1.165, 1.54) is 22.1 Å². The van der Waals surface area contributed by atoms with Gasteiger partial charge in [-0.15, -0.1) is 0 Å². The third-order valence-corrected chi connectivity index (χ3v) is 5.24. The van der Waals surface area contributed by atoms with Crippen LogP contribution >= 0.6 is 0 Å². The van der Waals surface area contributed by atoms with Crippen molar-refractivity contribution in [2.24, 2.45) is 0 Å². The van der Waals surface area contributed by atoms with E-state index in [0.29, 0.717) is 6.61 Å². The molecule has 0 aliphatic heterocycles. The second-order valence-electron chi connectivity index (χ2n) is 7.09. The van der Waals surface area contributed by atoms with Crippen LogP contribution in [0.2, 0.25) is 0 Å². The van der Waals surface area contributed by atoms with Crippen molar-refractivity contribution >= 4 is 10.9 Å². The molecule has 0 amide bonds. The molecule has 0 aliphatic rings. The van der Waals surface area contributed by atoms with Gasteiger partial charge < -0.3 is 9.72 Å². The topological polar surface area (TPSA) is 25.0 Å². The Morgan fingerprint density at radius 3 is 2.28 bits per heavy atom. The van der Waals surface area contributed by atoms with E-state index in [2.05, 4.69) is 89.9 Å². The number of rotatable bonds is 5. The summed E-state index contributed by atoms with van der Waals surface area (Å²) in [4.78, 5) is 3.25. The largest absolute Gasteiger partial charge is 0.488 e. The maximum absolute atomic E-state index is 6.33. The molecule has 5 aromatic rings. The van der Waals surface area contributed by atoms with Crippen LogP contribution in [-0.2, 0) is 6.61 Å². The number of nitrogens with one attached hydrogen (secondary N) is 1. The van der Waals surface area contributed by atoms with Crippen LogP contribution in [0.5, 0.6) is 5.75 Å². The van der Waals surface area contributed by atoms with Crippen LogP contribution in [0.3, 0.4) is 0 Å². The molecule has 4 aromatic carbocycles. The van der Waals surface area contributed by atoms with Crippen molar-refractivity contribution in [1.82, 2.24) is 4.98 Å². The minimum absolute atomic E-state index is 0.522. The second kappa shape index (κ2) is 7.69. The van der Waals surface area contributed by atoms with Crippen molar-refractivity contribution in [1.29, 1.82) is 0 Å². The first-order chi connectivity index (χ1) is 14.4. The summed E-state index contributed by atoms with van der Waals surface area (Å²) in [6.07, 6.45) is 1.97. The zero-order valence-corrected chi connectivity index (χ0v) is 16.0. The van der Waals surface area contributed by atoms with Gasteiger partial charge in [0.1, 0.15) is 12.4 Å². The van der Waals surface area contributed by atoms with Crippen molar-refractivity contribution in [2.45, 2.75) is 6.61 Å². The first-order valence-electron chi connectivity index (χ1n) is 9.81. The number of aromatic nitrogens is 1. The fourth-order valence-corrected chi connectivity index (χ4v) is 3.75. The van der Waals surface area contributed by atoms with Crippen LogP contribution in [0.4, 0.5) is 0 Å². The number of ether oxygens (including phenoxy) is 1. The molecule has 1 N–H and O–H groups in total. The standard InChI is InChI=1S/C27H21NO/c1-2-8-20(9-3-1)24-11-5-4-10-23(24)19-29-27-13-7-6-12-25(27)21-14-15-26-22(18-21)16-17-28-26/h1-18,28H,19H2. The van der Waals surface area contributed by atoms with Gasteiger partial charge in [0.05, 0.1) is 0 Å². The van der Waals surface area contributed by atoms with Crippen LogP contribution in [0, 0.1) is 0 Å². The maximum atomic E-state index is 6.33. The highest BCUT2D eigenvalue weighted by Crippen LogP contribution is 2.33. The summed E-state index contributed by atoms with van der Waals surface area (Å²) >= 11 is 0. The average molecular weight is 375 g/mol. The third kappa shape index (κ3) is 3.53. The van der Waals surface area contributed by atoms with Gasteiger partial charge in [0.2, 0.25) is 0 Å². The number of aromatic amines is 1. The molecule has 0 bridgehead atoms. The maximum Gasteiger partial charge on any atom is 0.127 e. The van der Waals surface area contributed by atoms with Crippen molar-refractivity contribution in [3.05, 3.63) is 115 Å². The van der Waals surface area contributed by atoms with Crippen LogP contribution in [-0.4, -0.2) is 4.98 Å². The molecule has 0 fully saturated rings. The minimum atomic E-state index is 0.522. The van der Waals surface area contributed by atoms with E-state index in [4.69, 9.17) is 4.74 Å². The molecule has 0 atom stereocenters. The average Bonchev–Trinajstić information content (AvgIpc) is 3.27. The van der Waals surface area contributed by atoms with Gasteiger partial charge in [-0.25, -0.2) is 0 Å². The molecule has 5 rings (SSSR count). The first kappa shape index (κ1) is 17.3. The number of H-pyrrole nitrogens is 1. The summed E-state index contributed by atoms with van der Waals surface area (Å²) in [6, 6.07) is 35.7. The number of hydrogen-bond donors (Lipinski definition) is 1. The fourth-order valence-electron chi connectivity index (χ4n) is 3.75. The second-order valence-corrected chi connectivity index (χ2v) is 7.09. The lowest BCUT2D eigenvalue weighted by Gasteiger charge is -2.14. The van der Waals surface area contributed by atoms with Gasteiger partial charge >= 0.3 is 0 Å². The van der Waals surface area contributed by atoms with Crippen molar-refractivity contribution in [2.75, 3.05) is 0 Å². The zero-order valence-electron chi connectivity index (χ0n) is 16.0. The van der Waals surface area contributed by atoms with Crippen molar-refractivity contribution < 1.29 is 4.74 Å². The van der Waals surface area contributed by atoms with Crippen LogP contribution in [0.15, 0.2) is 109 Å². The Labute approximate surface area is 170 Å². The first-order valence-corrected chi connectivity index (χ1v) is 9.81. The predicted molar refractivity (Wildman–Crippen MR) is 120 cm³/mol. The van der Waals surface area contributed by atoms with E-state index in [0.717, 1.165) is 22.4 Å². The van der Waals surface area contributed by atoms with E-state index in [1.807, 2.05) is 24.4 Å². The molecule has 29 heavy (non-hydrogen) atoms. The summed E-state index contributed by atoms with van der Waals surface area (Å²) < 4.78 is 6.33. The van der Waals surface area contributed by atoms with Crippen molar-refractivity contribution in [3.63, 3.8) is 0 Å². The Balaban J connectivity index is 1.46. The molecule has 140 valence electrons. The Bertz CT molecular complexity index is 1250. The summed E-state index contributed by atoms with van der Waals surface area (Å²) in [6.45, 7) is 0.522. The lowest BCUT2D eigenvalue weighted by atomic mass is 10.00. The van der Waals surface area contributed by atoms with Gasteiger partial charge in [0, 0.05) is 17.3 Å². The normalized spacial score (nSPS) is 10.9. The zero-order chi connectivity index (χ0) is 19.5. The Morgan fingerprint density at radius 2 is 1.38 bits per heavy atom. The molecule has 1 aromatic heterocycles. The van der Waals surface area contributed by atoms with Gasteiger partial charge in [-0.3, -0.25) is 0 Å². The van der Waals surface area contributed by atoms with E-state index >= 15 is 0 Å². The number of para-hydroxylation sites is 1. The highest BCUT2D eigenvalue weighted by Gasteiger charge is 2.09. The summed E-state index contributed by atoms with van der Waals surface area (Å²) in [5.74, 6) is 0.894. The Kier molecular flexibility index (Phi) is 4.59. The van der Waals surface area contributed by atoms with Gasteiger partial charge in [-0.2, -0.15) is 0 Å². The summed E-state index contributed by atoms with van der Waals surface area (Å²) in [7, 11) is 0. The summed E-state index contributed by atoms with van der Waals surface area (Å²) in [5, 5.41) is 1.20. The van der Waals surface area contributed by atoms with E-state index in [9.17, 15) is 0 Å². The lowest BCUT2D eigenvalue weighted by Crippen LogP contribution is -1.99. The van der Waals surface area contributed by atoms with Gasteiger partial charge in [-0.1, -0.05) is 78.9 Å². The van der Waals surface area contributed by atoms with Gasteiger partial charge in [0.15, 0.2) is 0 Å². The van der Waals surface area contributed by atoms with E-state index < -0.39 is 0 Å². The van der Waals surface area contributed by atoms with Gasteiger partial charge in [-0.05, 0) is 51.9 Å². The molecular weight excluding hydrogens is 354 g/mol. The highest BCUT2D eigenvalue weighted by atomic mass is 16.5. The molecule has 1 heterocycles. The Morgan fingerprint density at radius 1 is 0.621 bits per heavy atom. The molecule has 0 radical (unpaired) electrons. The predicted octanol–water partition coefficient (Wildman–Crippen LogP) is 7.08. The number of fused-ring (bicyclic) bond motifs is 1. The number of hydrogen-bond acceptors (Lipinski definition) is 1. The molecular formula is C27H21NO. The Hall–Kier alpha value is -3.78. The van der Waals surface area contributed by atoms with E-state index in [-0.39, 0.29) is 0 Å². The van der Waals surface area contributed by atoms with Crippen LogP contribution < -0.4 is 4.74 Å².